The van der Waals surface area contributed by atoms with Crippen LogP contribution < -0.4 is 19.1 Å². The molecule has 0 saturated carbocycles. The fourth-order valence-electron chi connectivity index (χ4n) is 5.10. The number of ketones is 1. The van der Waals surface area contributed by atoms with Gasteiger partial charge >= 0.3 is 5.91 Å². The minimum Gasteiger partial charge on any atom is -0.507 e. The van der Waals surface area contributed by atoms with E-state index in [0.29, 0.717) is 45.6 Å². The van der Waals surface area contributed by atoms with Crippen molar-refractivity contribution in [1.82, 2.24) is 4.98 Å². The number of carbonyl (C=O) groups is 2. The summed E-state index contributed by atoms with van der Waals surface area (Å²) in [6, 6.07) is 26.5. The molecule has 1 aromatic heterocycles. The van der Waals surface area contributed by atoms with E-state index in [1.54, 1.807) is 42.5 Å². The van der Waals surface area contributed by atoms with Gasteiger partial charge in [-0.05, 0) is 60.0 Å². The molecule has 0 bridgehead atoms. The maximum Gasteiger partial charge on any atom is 0.301 e. The van der Waals surface area contributed by atoms with Gasteiger partial charge in [0.25, 0.3) is 5.78 Å². The normalized spacial score (nSPS) is 16.1. The summed E-state index contributed by atoms with van der Waals surface area (Å²) in [6.45, 7) is 2.31. The number of fused-ring (bicyclic) bond motifs is 1. The van der Waals surface area contributed by atoms with Gasteiger partial charge in [-0.3, -0.25) is 14.5 Å². The first kappa shape index (κ1) is 28.0. The van der Waals surface area contributed by atoms with Gasteiger partial charge in [0.2, 0.25) is 0 Å². The molecule has 0 spiro atoms. The molecule has 1 saturated heterocycles. The zero-order valence-corrected chi connectivity index (χ0v) is 24.6. The molecule has 1 N–H and O–H groups in total. The number of Topliss-reactive ketones (excluding diaryl/α,β-unsaturated/α-hetero) is 1. The minimum atomic E-state index is -0.982. The zero-order chi connectivity index (χ0) is 30.1. The number of hydrogen-bond acceptors (Lipinski definition) is 8. The lowest BCUT2D eigenvalue weighted by atomic mass is 9.95. The number of amides is 1. The Morgan fingerprint density at radius 1 is 0.907 bits per heavy atom. The number of benzene rings is 4. The highest BCUT2D eigenvalue weighted by Crippen LogP contribution is 2.46. The van der Waals surface area contributed by atoms with Crippen molar-refractivity contribution < 1.29 is 28.9 Å². The van der Waals surface area contributed by atoms with Crippen molar-refractivity contribution in [1.29, 1.82) is 0 Å². The average Bonchev–Trinajstić information content (AvgIpc) is 3.57. The number of methoxy groups -OCH3 is 2. The predicted octanol–water partition coefficient (Wildman–Crippen LogP) is 6.83. The van der Waals surface area contributed by atoms with Crippen LogP contribution in [0.15, 0.2) is 96.6 Å². The summed E-state index contributed by atoms with van der Waals surface area (Å²) in [5.74, 6) is -0.503. The second kappa shape index (κ2) is 11.6. The van der Waals surface area contributed by atoms with Crippen LogP contribution in [-0.2, 0) is 16.2 Å². The molecule has 1 aliphatic rings. The number of aliphatic hydroxyl groups is 1. The molecule has 2 heterocycles. The Kier molecular flexibility index (Phi) is 7.56. The summed E-state index contributed by atoms with van der Waals surface area (Å²) in [6.07, 6.45) is 0. The van der Waals surface area contributed by atoms with Gasteiger partial charge in [0.1, 0.15) is 18.1 Å². The lowest BCUT2D eigenvalue weighted by Gasteiger charge is -2.24. The average molecular weight is 593 g/mol. The minimum absolute atomic E-state index is 0.0614. The van der Waals surface area contributed by atoms with E-state index < -0.39 is 17.7 Å². The number of nitrogens with zero attached hydrogens (tertiary/aromatic N) is 2. The number of anilines is 1. The molecule has 6 rings (SSSR count). The van der Waals surface area contributed by atoms with E-state index in [-0.39, 0.29) is 11.3 Å². The molecular formula is C34H28N2O6S. The van der Waals surface area contributed by atoms with E-state index in [0.717, 1.165) is 15.8 Å². The highest BCUT2D eigenvalue weighted by molar-refractivity contribution is 7.22. The van der Waals surface area contributed by atoms with Crippen molar-refractivity contribution in [3.8, 4) is 17.2 Å². The predicted molar refractivity (Wildman–Crippen MR) is 166 cm³/mol. The van der Waals surface area contributed by atoms with Crippen molar-refractivity contribution in [2.75, 3.05) is 19.1 Å². The van der Waals surface area contributed by atoms with Crippen LogP contribution in [0.1, 0.15) is 28.3 Å². The third kappa shape index (κ3) is 5.30. The fraction of sp³-hybridized carbons (Fsp3) is 0.147. The van der Waals surface area contributed by atoms with Crippen LogP contribution in [0.5, 0.6) is 17.2 Å². The Labute approximate surface area is 252 Å². The smallest absolute Gasteiger partial charge is 0.301 e. The second-order valence-electron chi connectivity index (χ2n) is 10.1. The molecule has 216 valence electrons. The Morgan fingerprint density at radius 2 is 1.72 bits per heavy atom. The number of rotatable bonds is 8. The number of aryl methyl sites for hydroxylation is 1. The van der Waals surface area contributed by atoms with Gasteiger partial charge in [-0.15, -0.1) is 0 Å². The molecule has 5 aromatic rings. The number of aliphatic hydroxyl groups excluding tert-OH is 1. The van der Waals surface area contributed by atoms with E-state index in [1.165, 1.54) is 30.5 Å². The molecule has 8 nitrogen and oxygen atoms in total. The van der Waals surface area contributed by atoms with Crippen LogP contribution in [0, 0.1) is 6.92 Å². The largest absolute Gasteiger partial charge is 0.507 e. The van der Waals surface area contributed by atoms with Gasteiger partial charge in [0.05, 0.1) is 36.1 Å². The van der Waals surface area contributed by atoms with Crippen molar-refractivity contribution >= 4 is 44.1 Å². The van der Waals surface area contributed by atoms with Crippen LogP contribution in [0.3, 0.4) is 0 Å². The van der Waals surface area contributed by atoms with Gasteiger partial charge in [-0.1, -0.05) is 65.9 Å². The van der Waals surface area contributed by atoms with Gasteiger partial charge in [0, 0.05) is 5.56 Å². The van der Waals surface area contributed by atoms with Crippen LogP contribution in [-0.4, -0.2) is 36.0 Å². The molecule has 1 fully saturated rings. The zero-order valence-electron chi connectivity index (χ0n) is 23.7. The molecule has 1 unspecified atom stereocenters. The van der Waals surface area contributed by atoms with E-state index in [4.69, 9.17) is 19.2 Å². The number of ether oxygens (including phenoxy) is 3. The van der Waals surface area contributed by atoms with Gasteiger partial charge < -0.3 is 19.3 Å². The number of thiazole rings is 1. The highest BCUT2D eigenvalue weighted by atomic mass is 32.1. The monoisotopic (exact) mass is 592 g/mol. The lowest BCUT2D eigenvalue weighted by Crippen LogP contribution is -2.29. The molecular weight excluding hydrogens is 564 g/mol. The number of carbonyl (C=O) groups excluding carboxylic acids is 2. The maximum atomic E-state index is 13.7. The molecule has 9 heteroatoms. The van der Waals surface area contributed by atoms with Crippen LogP contribution in [0.25, 0.3) is 16.0 Å². The molecule has 4 aromatic carbocycles. The van der Waals surface area contributed by atoms with Crippen molar-refractivity contribution in [2.45, 2.75) is 19.6 Å². The van der Waals surface area contributed by atoms with E-state index >= 15 is 0 Å². The molecule has 1 atom stereocenters. The van der Waals surface area contributed by atoms with E-state index in [2.05, 4.69) is 0 Å². The summed E-state index contributed by atoms with van der Waals surface area (Å²) in [5, 5.41) is 11.9. The van der Waals surface area contributed by atoms with Gasteiger partial charge in [-0.2, -0.15) is 0 Å². The molecule has 0 radical (unpaired) electrons. The van der Waals surface area contributed by atoms with Crippen molar-refractivity contribution in [3.05, 3.63) is 119 Å². The Hall–Kier alpha value is -5.15. The highest BCUT2D eigenvalue weighted by Gasteiger charge is 2.48. The molecule has 0 aliphatic carbocycles. The van der Waals surface area contributed by atoms with Gasteiger partial charge in [0.15, 0.2) is 16.6 Å². The first-order chi connectivity index (χ1) is 20.9. The number of hydrogen-bond donors (Lipinski definition) is 1. The summed E-state index contributed by atoms with van der Waals surface area (Å²) in [4.78, 5) is 33.4. The summed E-state index contributed by atoms with van der Waals surface area (Å²) in [5.41, 5.74) is 3.58. The molecule has 1 amide bonds. The Bertz CT molecular complexity index is 1880. The van der Waals surface area contributed by atoms with Crippen LogP contribution in [0.4, 0.5) is 5.13 Å². The SMILES string of the molecule is COc1cccc(C(O)=C2C(=O)C(=O)N(c3nc4ccc(C)cc4s3)C2c2ccc(OCc3ccccc3)c(OC)c2)c1. The Morgan fingerprint density at radius 3 is 2.49 bits per heavy atom. The summed E-state index contributed by atoms with van der Waals surface area (Å²) in [7, 11) is 3.04. The quantitative estimate of drug-likeness (QED) is 0.120. The second-order valence-corrected chi connectivity index (χ2v) is 11.1. The van der Waals surface area contributed by atoms with E-state index in [9.17, 15) is 14.7 Å². The molecule has 43 heavy (non-hydrogen) atoms. The third-order valence-corrected chi connectivity index (χ3v) is 8.28. The molecule has 1 aliphatic heterocycles. The van der Waals surface area contributed by atoms with Crippen LogP contribution in [0.2, 0.25) is 0 Å². The third-order valence-electron chi connectivity index (χ3n) is 7.27. The van der Waals surface area contributed by atoms with Crippen molar-refractivity contribution in [2.24, 2.45) is 0 Å². The fourth-order valence-corrected chi connectivity index (χ4v) is 6.19. The topological polar surface area (TPSA) is 98.2 Å². The standard InChI is InChI=1S/C34H28N2O6S/c1-20-12-14-25-28(16-20)43-34(35-25)36-30(29(32(38)33(36)39)31(37)23-10-7-11-24(17-23)40-2)22-13-15-26(27(18-22)41-3)42-19-21-8-5-4-6-9-21/h4-18,30,37H,19H2,1-3H3. The Balaban J connectivity index is 1.48. The number of aromatic nitrogens is 1. The maximum absolute atomic E-state index is 13.7. The summed E-state index contributed by atoms with van der Waals surface area (Å²) < 4.78 is 17.9. The van der Waals surface area contributed by atoms with Crippen LogP contribution >= 0.6 is 11.3 Å². The first-order valence-corrected chi connectivity index (χ1v) is 14.4. The van der Waals surface area contributed by atoms with Crippen molar-refractivity contribution in [3.63, 3.8) is 0 Å². The summed E-state index contributed by atoms with van der Waals surface area (Å²) >= 11 is 1.31. The lowest BCUT2D eigenvalue weighted by molar-refractivity contribution is -0.132. The van der Waals surface area contributed by atoms with Gasteiger partial charge in [-0.25, -0.2) is 4.98 Å². The van der Waals surface area contributed by atoms with E-state index in [1.807, 2.05) is 55.5 Å². The first-order valence-electron chi connectivity index (χ1n) is 13.5.